The third kappa shape index (κ3) is 2.06. The minimum atomic E-state index is -3.83. The summed E-state index contributed by atoms with van der Waals surface area (Å²) in [4.78, 5) is 3.00. The molecule has 0 saturated heterocycles. The van der Waals surface area contributed by atoms with Gasteiger partial charge in [0.05, 0.1) is 16.2 Å². The molecule has 0 unspecified atom stereocenters. The van der Waals surface area contributed by atoms with Gasteiger partial charge < -0.3 is 4.98 Å². The molecule has 2 aromatic heterocycles. The zero-order chi connectivity index (χ0) is 15.5. The maximum Gasteiger partial charge on any atom is 0.263 e. The molecule has 0 spiro atoms. The molecule has 3 aromatic rings. The van der Waals surface area contributed by atoms with Crippen LogP contribution in [-0.2, 0) is 21.9 Å². The van der Waals surface area contributed by atoms with Crippen molar-refractivity contribution in [3.63, 3.8) is 0 Å². The van der Waals surface area contributed by atoms with Crippen molar-refractivity contribution >= 4 is 42.2 Å². The Kier molecular flexibility index (Phi) is 3.04. The quantitative estimate of drug-likeness (QED) is 0.716. The molecule has 114 valence electrons. The average Bonchev–Trinajstić information content (AvgIpc) is 3.09. The predicted molar refractivity (Wildman–Crippen MR) is 85.5 cm³/mol. The van der Waals surface area contributed by atoms with Crippen LogP contribution in [0.3, 0.4) is 0 Å². The Morgan fingerprint density at radius 3 is 2.82 bits per heavy atom. The van der Waals surface area contributed by atoms with E-state index in [1.54, 1.807) is 16.8 Å². The van der Waals surface area contributed by atoms with Gasteiger partial charge in [-0.15, -0.1) is 0 Å². The van der Waals surface area contributed by atoms with E-state index in [0.717, 1.165) is 25.0 Å². The van der Waals surface area contributed by atoms with Gasteiger partial charge in [0.2, 0.25) is 0 Å². The molecular weight excluding hydrogens is 345 g/mol. The van der Waals surface area contributed by atoms with Gasteiger partial charge in [0.25, 0.3) is 9.05 Å². The number of H-pyrrole nitrogens is 1. The number of nitrogens with zero attached hydrogens (tertiary/aromatic N) is 2. The summed E-state index contributed by atoms with van der Waals surface area (Å²) in [6.07, 6.45) is 6.42. The smallest absolute Gasteiger partial charge is 0.263 e. The lowest BCUT2D eigenvalue weighted by Crippen LogP contribution is -1.99. The van der Waals surface area contributed by atoms with E-state index in [1.165, 1.54) is 11.8 Å². The Labute approximate surface area is 136 Å². The van der Waals surface area contributed by atoms with Crippen molar-refractivity contribution in [3.05, 3.63) is 40.8 Å². The maximum absolute atomic E-state index is 11.6. The van der Waals surface area contributed by atoms with Gasteiger partial charge in [-0.25, -0.2) is 13.1 Å². The number of hydrogen-bond acceptors (Lipinski definition) is 3. The highest BCUT2D eigenvalue weighted by atomic mass is 35.7. The first-order chi connectivity index (χ1) is 10.4. The molecule has 0 atom stereocenters. The van der Waals surface area contributed by atoms with Crippen LogP contribution in [0.1, 0.15) is 17.7 Å². The van der Waals surface area contributed by atoms with E-state index in [9.17, 15) is 8.42 Å². The van der Waals surface area contributed by atoms with Gasteiger partial charge in [0, 0.05) is 28.5 Å². The fraction of sp³-hybridized carbons (Fsp3) is 0.214. The van der Waals surface area contributed by atoms with Crippen molar-refractivity contribution in [3.8, 4) is 5.69 Å². The van der Waals surface area contributed by atoms with Crippen LogP contribution >= 0.6 is 22.3 Å². The van der Waals surface area contributed by atoms with Crippen LogP contribution in [0.2, 0.25) is 5.02 Å². The second-order valence-electron chi connectivity index (χ2n) is 5.31. The van der Waals surface area contributed by atoms with Gasteiger partial charge in [-0.1, -0.05) is 11.6 Å². The second-order valence-corrected chi connectivity index (χ2v) is 8.25. The first-order valence-electron chi connectivity index (χ1n) is 6.77. The topological polar surface area (TPSA) is 67.8 Å². The van der Waals surface area contributed by atoms with Crippen molar-refractivity contribution in [1.29, 1.82) is 0 Å². The minimum absolute atomic E-state index is 0.0433. The van der Waals surface area contributed by atoms with Crippen LogP contribution in [0.15, 0.2) is 29.4 Å². The van der Waals surface area contributed by atoms with E-state index in [2.05, 4.69) is 10.1 Å². The molecule has 8 heteroatoms. The predicted octanol–water partition coefficient (Wildman–Crippen LogP) is 3.42. The standard InChI is InChI=1S/C14H11Cl2N3O2S/c15-10-5-4-9-12(22(16,20)21)6-17-13(9)14(10)19-7-8-2-1-3-11(8)18-19/h4-7,17H,1-3H2. The first kappa shape index (κ1) is 14.1. The second kappa shape index (κ2) is 4.75. The zero-order valence-electron chi connectivity index (χ0n) is 11.3. The van der Waals surface area contributed by atoms with Crippen LogP contribution in [0.25, 0.3) is 16.6 Å². The summed E-state index contributed by atoms with van der Waals surface area (Å²) in [6, 6.07) is 3.30. The van der Waals surface area contributed by atoms with Crippen molar-refractivity contribution in [2.24, 2.45) is 0 Å². The summed E-state index contributed by atoms with van der Waals surface area (Å²) < 4.78 is 25.0. The number of rotatable bonds is 2. The number of benzene rings is 1. The molecule has 1 aliphatic rings. The number of aromatic amines is 1. The Bertz CT molecular complexity index is 983. The molecule has 0 saturated carbocycles. The third-order valence-electron chi connectivity index (χ3n) is 3.97. The average molecular weight is 356 g/mol. The summed E-state index contributed by atoms with van der Waals surface area (Å²) in [7, 11) is 1.65. The Morgan fingerprint density at radius 1 is 1.27 bits per heavy atom. The molecular formula is C14H11Cl2N3O2S. The number of halogens is 2. The summed E-state index contributed by atoms with van der Waals surface area (Å²) >= 11 is 6.32. The third-order valence-corrected chi connectivity index (χ3v) is 5.64. The van der Waals surface area contributed by atoms with E-state index >= 15 is 0 Å². The molecule has 0 amide bonds. The van der Waals surface area contributed by atoms with Gasteiger partial charge in [-0.2, -0.15) is 5.10 Å². The fourth-order valence-corrected chi connectivity index (χ4v) is 4.24. The first-order valence-corrected chi connectivity index (χ1v) is 9.46. The van der Waals surface area contributed by atoms with E-state index in [1.807, 2.05) is 6.20 Å². The lowest BCUT2D eigenvalue weighted by atomic mass is 10.2. The molecule has 22 heavy (non-hydrogen) atoms. The monoisotopic (exact) mass is 355 g/mol. The molecule has 0 fully saturated rings. The number of nitrogens with one attached hydrogen (secondary N) is 1. The van der Waals surface area contributed by atoms with Gasteiger partial charge >= 0.3 is 0 Å². The Morgan fingerprint density at radius 2 is 2.09 bits per heavy atom. The van der Waals surface area contributed by atoms with Gasteiger partial charge in [0.15, 0.2) is 0 Å². The molecule has 1 aliphatic carbocycles. The van der Waals surface area contributed by atoms with Gasteiger partial charge in [0.1, 0.15) is 10.6 Å². The van der Waals surface area contributed by atoms with Crippen molar-refractivity contribution in [1.82, 2.24) is 14.8 Å². The van der Waals surface area contributed by atoms with Crippen LogP contribution in [0.5, 0.6) is 0 Å². The van der Waals surface area contributed by atoms with Crippen molar-refractivity contribution in [2.45, 2.75) is 24.2 Å². The SMILES string of the molecule is O=S(=O)(Cl)c1c[nH]c2c(-n3cc4c(n3)CCC4)c(Cl)ccc12. The highest BCUT2D eigenvalue weighted by Gasteiger charge is 2.22. The summed E-state index contributed by atoms with van der Waals surface area (Å²) in [6.45, 7) is 0. The number of aryl methyl sites for hydroxylation is 2. The van der Waals surface area contributed by atoms with Crippen molar-refractivity contribution in [2.75, 3.05) is 0 Å². The van der Waals surface area contributed by atoms with E-state index in [4.69, 9.17) is 22.3 Å². The molecule has 2 heterocycles. The zero-order valence-corrected chi connectivity index (χ0v) is 13.6. The molecule has 0 aliphatic heterocycles. The molecule has 0 radical (unpaired) electrons. The Balaban J connectivity index is 2.00. The summed E-state index contributed by atoms with van der Waals surface area (Å²) in [5.41, 5.74) is 3.53. The number of aromatic nitrogens is 3. The highest BCUT2D eigenvalue weighted by Crippen LogP contribution is 2.34. The lowest BCUT2D eigenvalue weighted by molar-refractivity contribution is 0.610. The van der Waals surface area contributed by atoms with Crippen LogP contribution in [0, 0.1) is 0 Å². The van der Waals surface area contributed by atoms with Crippen molar-refractivity contribution < 1.29 is 8.42 Å². The summed E-state index contributed by atoms with van der Waals surface area (Å²) in [5.74, 6) is 0. The fourth-order valence-electron chi connectivity index (χ4n) is 2.98. The van der Waals surface area contributed by atoms with Crippen LogP contribution in [-0.4, -0.2) is 23.2 Å². The lowest BCUT2D eigenvalue weighted by Gasteiger charge is -2.07. The number of hydrogen-bond donors (Lipinski definition) is 1. The maximum atomic E-state index is 11.6. The molecule has 1 N–H and O–H groups in total. The van der Waals surface area contributed by atoms with Gasteiger partial charge in [-0.05, 0) is 37.0 Å². The highest BCUT2D eigenvalue weighted by molar-refractivity contribution is 8.14. The molecule has 4 rings (SSSR count). The minimum Gasteiger partial charge on any atom is -0.358 e. The Hall–Kier alpha value is -1.50. The molecule has 0 bridgehead atoms. The number of fused-ring (bicyclic) bond motifs is 2. The molecule has 5 nitrogen and oxygen atoms in total. The normalized spacial score (nSPS) is 14.6. The van der Waals surface area contributed by atoms with E-state index in [-0.39, 0.29) is 4.90 Å². The molecule has 1 aromatic carbocycles. The van der Waals surface area contributed by atoms with Gasteiger partial charge in [-0.3, -0.25) is 0 Å². The summed E-state index contributed by atoms with van der Waals surface area (Å²) in [5, 5.41) is 5.57. The van der Waals surface area contributed by atoms with Crippen LogP contribution < -0.4 is 0 Å². The van der Waals surface area contributed by atoms with E-state index in [0.29, 0.717) is 21.6 Å². The van der Waals surface area contributed by atoms with E-state index < -0.39 is 9.05 Å². The largest absolute Gasteiger partial charge is 0.358 e. The van der Waals surface area contributed by atoms with Crippen LogP contribution in [0.4, 0.5) is 0 Å².